The van der Waals surface area contributed by atoms with E-state index in [0.29, 0.717) is 29.1 Å². The van der Waals surface area contributed by atoms with Crippen LogP contribution in [0.5, 0.6) is 11.5 Å². The van der Waals surface area contributed by atoms with Crippen molar-refractivity contribution in [2.75, 3.05) is 23.1 Å². The number of hydrogen-bond acceptors (Lipinski definition) is 7. The molecular formula is C31H28FN5OS. The minimum atomic E-state index is -0.455. The number of hydrogen-bond donors (Lipinski definition) is 3. The van der Waals surface area contributed by atoms with Gasteiger partial charge in [-0.3, -0.25) is 0 Å². The predicted octanol–water partition coefficient (Wildman–Crippen LogP) is 7.51. The van der Waals surface area contributed by atoms with Crippen LogP contribution >= 0.6 is 11.9 Å². The normalized spacial score (nSPS) is 15.2. The second-order valence-corrected chi connectivity index (χ2v) is 10.2. The Bertz CT molecular complexity index is 1590. The van der Waals surface area contributed by atoms with Gasteiger partial charge in [-0.2, -0.15) is 0 Å². The van der Waals surface area contributed by atoms with Crippen molar-refractivity contribution in [2.24, 2.45) is 0 Å². The van der Waals surface area contributed by atoms with Crippen LogP contribution in [0.2, 0.25) is 0 Å². The highest BCUT2D eigenvalue weighted by atomic mass is 32.2. The topological polar surface area (TPSA) is 71.1 Å². The third-order valence-electron chi connectivity index (χ3n) is 6.63. The summed E-state index contributed by atoms with van der Waals surface area (Å²) >= 11 is 1.45. The summed E-state index contributed by atoms with van der Waals surface area (Å²) in [6.45, 7) is 1.93. The predicted molar refractivity (Wildman–Crippen MR) is 157 cm³/mol. The number of fused-ring (bicyclic) bond motifs is 1. The quantitative estimate of drug-likeness (QED) is 0.177. The Morgan fingerprint density at radius 3 is 2.69 bits per heavy atom. The maximum atomic E-state index is 15.2. The highest BCUT2D eigenvalue weighted by Gasteiger charge is 2.16. The summed E-state index contributed by atoms with van der Waals surface area (Å²) < 4.78 is 24.5. The van der Waals surface area contributed by atoms with Crippen molar-refractivity contribution in [3.63, 3.8) is 0 Å². The summed E-state index contributed by atoms with van der Waals surface area (Å²) in [6, 6.07) is 28.9. The third-order valence-corrected chi connectivity index (χ3v) is 7.54. The Labute approximate surface area is 231 Å². The number of piperidine rings is 1. The van der Waals surface area contributed by atoms with Crippen molar-refractivity contribution in [3.8, 4) is 22.8 Å². The molecule has 196 valence electrons. The van der Waals surface area contributed by atoms with Crippen LogP contribution in [0.25, 0.3) is 22.0 Å². The first-order chi connectivity index (χ1) is 19.2. The van der Waals surface area contributed by atoms with Crippen LogP contribution in [-0.2, 0) is 0 Å². The van der Waals surface area contributed by atoms with E-state index in [0.717, 1.165) is 47.2 Å². The third kappa shape index (κ3) is 5.97. The van der Waals surface area contributed by atoms with Gasteiger partial charge in [-0.15, -0.1) is 0 Å². The fourth-order valence-corrected chi connectivity index (χ4v) is 5.46. The number of benzene rings is 4. The Kier molecular flexibility index (Phi) is 7.56. The summed E-state index contributed by atoms with van der Waals surface area (Å²) in [5, 5.41) is 9.11. The molecular weight excluding hydrogens is 509 g/mol. The number of halogens is 1. The van der Waals surface area contributed by atoms with Gasteiger partial charge in [0.2, 0.25) is 5.95 Å². The molecule has 39 heavy (non-hydrogen) atoms. The molecule has 8 heteroatoms. The highest BCUT2D eigenvalue weighted by Crippen LogP contribution is 2.35. The van der Waals surface area contributed by atoms with Crippen molar-refractivity contribution in [1.29, 1.82) is 0 Å². The van der Waals surface area contributed by atoms with E-state index < -0.39 is 5.82 Å². The minimum Gasteiger partial charge on any atom is -0.454 e. The Hall–Kier alpha value is -4.14. The zero-order valence-corrected chi connectivity index (χ0v) is 22.0. The first kappa shape index (κ1) is 25.2. The maximum absolute atomic E-state index is 15.2. The average Bonchev–Trinajstić information content (AvgIpc) is 2.98. The van der Waals surface area contributed by atoms with Gasteiger partial charge in [0, 0.05) is 41.0 Å². The van der Waals surface area contributed by atoms with E-state index >= 15 is 4.39 Å². The summed E-state index contributed by atoms with van der Waals surface area (Å²) in [4.78, 5) is 10.2. The summed E-state index contributed by atoms with van der Waals surface area (Å²) in [6.07, 6.45) is 3.92. The Morgan fingerprint density at radius 2 is 1.79 bits per heavy atom. The van der Waals surface area contributed by atoms with E-state index in [1.54, 1.807) is 12.3 Å². The van der Waals surface area contributed by atoms with Crippen LogP contribution in [0.15, 0.2) is 102 Å². The van der Waals surface area contributed by atoms with Crippen LogP contribution in [0.4, 0.5) is 16.0 Å². The number of rotatable bonds is 8. The van der Waals surface area contributed by atoms with Gasteiger partial charge in [-0.1, -0.05) is 48.5 Å². The molecule has 6 nitrogen and oxygen atoms in total. The summed E-state index contributed by atoms with van der Waals surface area (Å²) in [5.74, 6) is 0.777. The lowest BCUT2D eigenvalue weighted by Crippen LogP contribution is -2.38. The van der Waals surface area contributed by atoms with Crippen LogP contribution in [0.1, 0.15) is 12.8 Å². The van der Waals surface area contributed by atoms with Gasteiger partial charge in [0.15, 0.2) is 11.6 Å². The molecule has 4 aromatic carbocycles. The second kappa shape index (κ2) is 11.7. The first-order valence-corrected chi connectivity index (χ1v) is 13.8. The number of aromatic nitrogens is 2. The van der Waals surface area contributed by atoms with Crippen molar-refractivity contribution >= 4 is 34.4 Å². The summed E-state index contributed by atoms with van der Waals surface area (Å²) in [7, 11) is 0. The number of nitrogens with zero attached hydrogens (tertiary/aromatic N) is 2. The van der Waals surface area contributed by atoms with Gasteiger partial charge in [0.25, 0.3) is 0 Å². The average molecular weight is 538 g/mol. The molecule has 1 aromatic heterocycles. The largest absolute Gasteiger partial charge is 0.454 e. The Morgan fingerprint density at radius 1 is 0.923 bits per heavy atom. The van der Waals surface area contributed by atoms with Gasteiger partial charge in [-0.05, 0) is 78.5 Å². The number of anilines is 2. The van der Waals surface area contributed by atoms with E-state index in [2.05, 4.69) is 38.5 Å². The second-order valence-electron chi connectivity index (χ2n) is 9.38. The zero-order chi connectivity index (χ0) is 26.4. The van der Waals surface area contributed by atoms with Crippen LogP contribution in [0.3, 0.4) is 0 Å². The van der Waals surface area contributed by atoms with Crippen molar-refractivity contribution in [2.45, 2.75) is 23.8 Å². The molecule has 0 amide bonds. The molecule has 1 aliphatic rings. The van der Waals surface area contributed by atoms with Gasteiger partial charge >= 0.3 is 0 Å². The number of ether oxygens (including phenoxy) is 1. The van der Waals surface area contributed by atoms with E-state index in [-0.39, 0.29) is 5.75 Å². The van der Waals surface area contributed by atoms with Crippen LogP contribution in [-0.4, -0.2) is 29.1 Å². The Balaban J connectivity index is 1.17. The fraction of sp³-hybridized carbons (Fsp3) is 0.161. The molecule has 0 saturated carbocycles. The lowest BCUT2D eigenvalue weighted by Gasteiger charge is -2.23. The molecule has 0 bridgehead atoms. The van der Waals surface area contributed by atoms with Crippen LogP contribution in [0, 0.1) is 5.82 Å². The van der Waals surface area contributed by atoms with Crippen molar-refractivity contribution < 1.29 is 9.13 Å². The standard InChI is InChI=1S/C31H28FN5OS/c32-26-19-22(37-39-30-13-5-8-21-7-1-2-10-24(21)30)14-15-29(26)38-28-12-4-3-11-25(28)27-16-18-34-31(36-27)35-23-9-6-17-33-20-23/h1-5,7-8,10-16,18-19,23,33,37H,6,9,17,20H2,(H,34,35,36). The van der Waals surface area contributed by atoms with Gasteiger partial charge in [0.1, 0.15) is 5.75 Å². The molecule has 1 saturated heterocycles. The molecule has 1 unspecified atom stereocenters. The highest BCUT2D eigenvalue weighted by molar-refractivity contribution is 8.00. The fourth-order valence-electron chi connectivity index (χ4n) is 4.67. The minimum absolute atomic E-state index is 0.142. The smallest absolute Gasteiger partial charge is 0.223 e. The van der Waals surface area contributed by atoms with Crippen LogP contribution < -0.4 is 20.1 Å². The van der Waals surface area contributed by atoms with Gasteiger partial charge < -0.3 is 20.1 Å². The van der Waals surface area contributed by atoms with Gasteiger partial charge in [-0.25, -0.2) is 14.4 Å². The number of para-hydroxylation sites is 1. The maximum Gasteiger partial charge on any atom is 0.223 e. The molecule has 6 rings (SSSR count). The SMILES string of the molecule is Fc1cc(NSc2cccc3ccccc23)ccc1Oc1ccccc1-c1ccnc(NC2CCCNC2)n1. The molecule has 1 aliphatic heterocycles. The molecule has 0 spiro atoms. The summed E-state index contributed by atoms with van der Waals surface area (Å²) in [5.41, 5.74) is 2.12. The van der Waals surface area contributed by atoms with Gasteiger partial charge in [0.05, 0.1) is 5.69 Å². The molecule has 0 radical (unpaired) electrons. The monoisotopic (exact) mass is 537 g/mol. The van der Waals surface area contributed by atoms with Crippen molar-refractivity contribution in [3.05, 3.63) is 103 Å². The molecule has 5 aromatic rings. The molecule has 1 fully saturated rings. The molecule has 3 N–H and O–H groups in total. The van der Waals surface area contributed by atoms with E-state index in [4.69, 9.17) is 9.72 Å². The number of nitrogens with one attached hydrogen (secondary N) is 3. The zero-order valence-electron chi connectivity index (χ0n) is 21.2. The lowest BCUT2D eigenvalue weighted by atomic mass is 10.1. The molecule has 0 aliphatic carbocycles. The molecule has 2 heterocycles. The van der Waals surface area contributed by atoms with E-state index in [9.17, 15) is 0 Å². The molecule has 1 atom stereocenters. The van der Waals surface area contributed by atoms with E-state index in [1.807, 2.05) is 60.7 Å². The first-order valence-electron chi connectivity index (χ1n) is 13.0. The lowest BCUT2D eigenvalue weighted by molar-refractivity contribution is 0.444. The van der Waals surface area contributed by atoms with E-state index in [1.165, 1.54) is 18.0 Å². The van der Waals surface area contributed by atoms with Crippen molar-refractivity contribution in [1.82, 2.24) is 15.3 Å².